The second-order valence-corrected chi connectivity index (χ2v) is 3.34. The SMILES string of the molecule is N#CC(C=O)=Cc1ccc(Cl)cc1Cl. The van der Waals surface area contributed by atoms with Gasteiger partial charge in [0.05, 0.1) is 5.57 Å². The van der Waals surface area contributed by atoms with Crippen LogP contribution in [-0.2, 0) is 4.79 Å². The maximum atomic E-state index is 10.4. The Morgan fingerprint density at radius 3 is 2.64 bits per heavy atom. The fourth-order valence-electron chi connectivity index (χ4n) is 0.879. The summed E-state index contributed by atoms with van der Waals surface area (Å²) in [5.41, 5.74) is 0.619. The van der Waals surface area contributed by atoms with Gasteiger partial charge in [-0.1, -0.05) is 29.3 Å². The lowest BCUT2D eigenvalue weighted by Gasteiger charge is -1.98. The first-order chi connectivity index (χ1) is 6.67. The second-order valence-electron chi connectivity index (χ2n) is 2.50. The zero-order chi connectivity index (χ0) is 10.6. The molecule has 70 valence electrons. The highest BCUT2D eigenvalue weighted by atomic mass is 35.5. The van der Waals surface area contributed by atoms with Gasteiger partial charge < -0.3 is 0 Å². The molecule has 0 amide bonds. The quantitative estimate of drug-likeness (QED) is 0.441. The van der Waals surface area contributed by atoms with Gasteiger partial charge in [-0.3, -0.25) is 4.79 Å². The molecule has 0 N–H and O–H groups in total. The minimum Gasteiger partial charge on any atom is -0.297 e. The highest BCUT2D eigenvalue weighted by molar-refractivity contribution is 6.35. The number of hydrogen-bond acceptors (Lipinski definition) is 2. The van der Waals surface area contributed by atoms with E-state index in [2.05, 4.69) is 0 Å². The molecule has 0 spiro atoms. The normalized spacial score (nSPS) is 10.8. The Kier molecular flexibility index (Phi) is 3.70. The minimum atomic E-state index is 0.0224. The zero-order valence-corrected chi connectivity index (χ0v) is 8.51. The molecule has 1 aromatic rings. The van der Waals surface area contributed by atoms with Crippen molar-refractivity contribution >= 4 is 35.6 Å². The van der Waals surface area contributed by atoms with Crippen molar-refractivity contribution < 1.29 is 4.79 Å². The molecule has 0 aliphatic carbocycles. The van der Waals surface area contributed by atoms with Crippen LogP contribution in [0.3, 0.4) is 0 Å². The van der Waals surface area contributed by atoms with Gasteiger partial charge in [0, 0.05) is 10.0 Å². The van der Waals surface area contributed by atoms with Crippen LogP contribution in [0.1, 0.15) is 5.56 Å². The average Bonchev–Trinajstić information content (AvgIpc) is 2.17. The van der Waals surface area contributed by atoms with Crippen LogP contribution < -0.4 is 0 Å². The smallest absolute Gasteiger partial charge is 0.160 e. The molecule has 0 aromatic heterocycles. The van der Waals surface area contributed by atoms with Crippen molar-refractivity contribution in [3.05, 3.63) is 39.4 Å². The van der Waals surface area contributed by atoms with E-state index in [0.29, 0.717) is 21.9 Å². The van der Waals surface area contributed by atoms with Crippen LogP contribution in [0.15, 0.2) is 23.8 Å². The first kappa shape index (κ1) is 10.8. The van der Waals surface area contributed by atoms with Crippen molar-refractivity contribution in [2.75, 3.05) is 0 Å². The minimum absolute atomic E-state index is 0.0224. The van der Waals surface area contributed by atoms with E-state index in [1.165, 1.54) is 6.08 Å². The first-order valence-electron chi connectivity index (χ1n) is 3.69. The first-order valence-corrected chi connectivity index (χ1v) is 4.45. The lowest BCUT2D eigenvalue weighted by atomic mass is 10.1. The average molecular weight is 226 g/mol. The predicted octanol–water partition coefficient (Wildman–Crippen LogP) is 3.10. The third kappa shape index (κ3) is 2.59. The van der Waals surface area contributed by atoms with E-state index < -0.39 is 0 Å². The molecule has 14 heavy (non-hydrogen) atoms. The number of aldehydes is 1. The highest BCUT2D eigenvalue weighted by Crippen LogP contribution is 2.22. The van der Waals surface area contributed by atoms with Gasteiger partial charge in [-0.2, -0.15) is 5.26 Å². The Morgan fingerprint density at radius 2 is 2.14 bits per heavy atom. The summed E-state index contributed by atoms with van der Waals surface area (Å²) in [7, 11) is 0. The maximum absolute atomic E-state index is 10.4. The van der Waals surface area contributed by atoms with E-state index in [4.69, 9.17) is 28.5 Å². The summed E-state index contributed by atoms with van der Waals surface area (Å²) in [6.07, 6.45) is 1.89. The molecule has 1 rings (SSSR count). The molecule has 2 nitrogen and oxygen atoms in total. The summed E-state index contributed by atoms with van der Waals surface area (Å²) in [5, 5.41) is 9.43. The molecule has 0 fully saturated rings. The number of carbonyl (C=O) groups is 1. The number of allylic oxidation sites excluding steroid dienone is 1. The summed E-state index contributed by atoms with van der Waals surface area (Å²) in [6, 6.07) is 6.58. The highest BCUT2D eigenvalue weighted by Gasteiger charge is 2.00. The Bertz CT molecular complexity index is 432. The van der Waals surface area contributed by atoms with E-state index in [-0.39, 0.29) is 5.57 Å². The third-order valence-corrected chi connectivity index (χ3v) is 2.09. The molecule has 0 bridgehead atoms. The molecule has 0 radical (unpaired) electrons. The Hall–Kier alpha value is -1.30. The van der Waals surface area contributed by atoms with Crippen LogP contribution >= 0.6 is 23.2 Å². The van der Waals surface area contributed by atoms with Crippen molar-refractivity contribution in [1.82, 2.24) is 0 Å². The van der Waals surface area contributed by atoms with Crippen LogP contribution in [0, 0.1) is 11.3 Å². The molecular weight excluding hydrogens is 221 g/mol. The van der Waals surface area contributed by atoms with Crippen LogP contribution in [0.2, 0.25) is 10.0 Å². The molecule has 0 saturated heterocycles. The van der Waals surface area contributed by atoms with Gasteiger partial charge in [0.25, 0.3) is 0 Å². The number of hydrogen-bond donors (Lipinski definition) is 0. The third-order valence-electron chi connectivity index (χ3n) is 1.53. The largest absolute Gasteiger partial charge is 0.297 e. The van der Waals surface area contributed by atoms with Gasteiger partial charge >= 0.3 is 0 Å². The molecule has 1 aromatic carbocycles. The Labute approximate surface area is 91.4 Å². The Morgan fingerprint density at radius 1 is 1.43 bits per heavy atom. The summed E-state index contributed by atoms with van der Waals surface area (Å²) < 4.78 is 0. The summed E-state index contributed by atoms with van der Waals surface area (Å²) >= 11 is 11.5. The number of nitriles is 1. The van der Waals surface area contributed by atoms with E-state index in [0.717, 1.165) is 0 Å². The topological polar surface area (TPSA) is 40.9 Å². The van der Waals surface area contributed by atoms with E-state index >= 15 is 0 Å². The van der Waals surface area contributed by atoms with Crippen LogP contribution in [-0.4, -0.2) is 6.29 Å². The van der Waals surface area contributed by atoms with E-state index in [1.54, 1.807) is 24.3 Å². The summed E-state index contributed by atoms with van der Waals surface area (Å²) in [4.78, 5) is 10.4. The van der Waals surface area contributed by atoms with Crippen LogP contribution in [0.4, 0.5) is 0 Å². The molecule has 0 heterocycles. The number of carbonyl (C=O) groups excluding carboxylic acids is 1. The van der Waals surface area contributed by atoms with Crippen molar-refractivity contribution in [1.29, 1.82) is 5.26 Å². The number of nitrogens with zero attached hydrogens (tertiary/aromatic N) is 1. The van der Waals surface area contributed by atoms with Crippen molar-refractivity contribution in [2.24, 2.45) is 0 Å². The van der Waals surface area contributed by atoms with E-state index in [1.807, 2.05) is 0 Å². The molecular formula is C10H5Cl2NO. The van der Waals surface area contributed by atoms with E-state index in [9.17, 15) is 4.79 Å². The standard InChI is InChI=1S/C10H5Cl2NO/c11-9-2-1-8(10(12)4-9)3-7(5-13)6-14/h1-4,6H. The molecule has 0 aliphatic rings. The molecule has 0 unspecified atom stereocenters. The number of halogens is 2. The van der Waals surface area contributed by atoms with Crippen molar-refractivity contribution in [2.45, 2.75) is 0 Å². The second kappa shape index (κ2) is 4.80. The lowest BCUT2D eigenvalue weighted by molar-refractivity contribution is -0.104. The predicted molar refractivity (Wildman–Crippen MR) is 56.1 cm³/mol. The van der Waals surface area contributed by atoms with Crippen molar-refractivity contribution in [3.63, 3.8) is 0 Å². The van der Waals surface area contributed by atoms with Gasteiger partial charge in [0.1, 0.15) is 6.07 Å². The zero-order valence-electron chi connectivity index (χ0n) is 7.00. The summed E-state index contributed by atoms with van der Waals surface area (Å²) in [6.45, 7) is 0. The molecule has 0 aliphatic heterocycles. The summed E-state index contributed by atoms with van der Waals surface area (Å²) in [5.74, 6) is 0. The lowest BCUT2D eigenvalue weighted by Crippen LogP contribution is -1.81. The van der Waals surface area contributed by atoms with Gasteiger partial charge in [0.15, 0.2) is 6.29 Å². The fourth-order valence-corrected chi connectivity index (χ4v) is 1.34. The van der Waals surface area contributed by atoms with Gasteiger partial charge in [0.2, 0.25) is 0 Å². The molecule has 0 atom stereocenters. The number of benzene rings is 1. The fraction of sp³-hybridized carbons (Fsp3) is 0. The van der Waals surface area contributed by atoms with Crippen LogP contribution in [0.25, 0.3) is 6.08 Å². The van der Waals surface area contributed by atoms with Crippen LogP contribution in [0.5, 0.6) is 0 Å². The van der Waals surface area contributed by atoms with Gasteiger partial charge in [-0.25, -0.2) is 0 Å². The monoisotopic (exact) mass is 225 g/mol. The number of rotatable bonds is 2. The molecule has 0 saturated carbocycles. The van der Waals surface area contributed by atoms with Gasteiger partial charge in [-0.15, -0.1) is 0 Å². The molecule has 4 heteroatoms. The van der Waals surface area contributed by atoms with Crippen molar-refractivity contribution in [3.8, 4) is 6.07 Å². The maximum Gasteiger partial charge on any atom is 0.160 e. The van der Waals surface area contributed by atoms with Gasteiger partial charge in [-0.05, 0) is 23.8 Å². The Balaban J connectivity index is 3.16.